The van der Waals surface area contributed by atoms with Gasteiger partial charge in [-0.25, -0.2) is 0 Å². The number of rotatable bonds is 6. The molecular weight excluding hydrogens is 298 g/mol. The number of aryl methyl sites for hydroxylation is 1. The lowest BCUT2D eigenvalue weighted by atomic mass is 9.93. The third-order valence-electron chi connectivity index (χ3n) is 5.41. The van der Waals surface area contributed by atoms with Crippen molar-refractivity contribution in [2.75, 3.05) is 44.7 Å². The number of nitrogens with one attached hydrogen (secondary N) is 1. The van der Waals surface area contributed by atoms with Gasteiger partial charge in [0.15, 0.2) is 0 Å². The van der Waals surface area contributed by atoms with Gasteiger partial charge in [0.2, 0.25) is 5.91 Å². The van der Waals surface area contributed by atoms with E-state index in [4.69, 9.17) is 0 Å². The topological polar surface area (TPSA) is 35.6 Å². The highest BCUT2D eigenvalue weighted by atomic mass is 16.1. The Morgan fingerprint density at radius 3 is 3.00 bits per heavy atom. The van der Waals surface area contributed by atoms with Crippen molar-refractivity contribution in [1.29, 1.82) is 0 Å². The Morgan fingerprint density at radius 1 is 1.25 bits per heavy atom. The first kappa shape index (κ1) is 17.3. The van der Waals surface area contributed by atoms with Gasteiger partial charge in [0.05, 0.1) is 0 Å². The predicted octanol–water partition coefficient (Wildman–Crippen LogP) is 2.68. The zero-order chi connectivity index (χ0) is 16.8. The van der Waals surface area contributed by atoms with E-state index in [-0.39, 0.29) is 5.91 Å². The van der Waals surface area contributed by atoms with E-state index >= 15 is 0 Å². The van der Waals surface area contributed by atoms with E-state index in [9.17, 15) is 4.79 Å². The minimum absolute atomic E-state index is 0.216. The van der Waals surface area contributed by atoms with Crippen LogP contribution in [0.25, 0.3) is 0 Å². The third-order valence-corrected chi connectivity index (χ3v) is 5.41. The second kappa shape index (κ2) is 8.52. The summed E-state index contributed by atoms with van der Waals surface area (Å²) < 4.78 is 0. The van der Waals surface area contributed by atoms with E-state index in [0.717, 1.165) is 32.6 Å². The molecule has 1 aromatic rings. The number of carbonyl (C=O) groups excluding carboxylic acids is 1. The number of nitrogens with zero attached hydrogens (tertiary/aromatic N) is 2. The Balaban J connectivity index is 1.37. The Bertz CT molecular complexity index is 545. The highest BCUT2D eigenvalue weighted by molar-refractivity contribution is 5.75. The van der Waals surface area contributed by atoms with Crippen molar-refractivity contribution in [2.24, 2.45) is 5.92 Å². The summed E-state index contributed by atoms with van der Waals surface area (Å²) in [5.74, 6) is 0.914. The molecule has 1 fully saturated rings. The normalized spacial score (nSPS) is 21.4. The molecule has 1 amide bonds. The molecule has 1 saturated heterocycles. The van der Waals surface area contributed by atoms with Crippen LogP contribution in [0.5, 0.6) is 0 Å². The van der Waals surface area contributed by atoms with Crippen molar-refractivity contribution >= 4 is 11.6 Å². The summed E-state index contributed by atoms with van der Waals surface area (Å²) >= 11 is 0. The first-order valence-corrected chi connectivity index (χ1v) is 9.50. The summed E-state index contributed by atoms with van der Waals surface area (Å²) in [5.41, 5.74) is 2.79. The van der Waals surface area contributed by atoms with Gasteiger partial charge in [-0.15, -0.1) is 0 Å². The number of hydrogen-bond donors (Lipinski definition) is 1. The summed E-state index contributed by atoms with van der Waals surface area (Å²) in [5, 5.41) is 3.12. The standard InChI is InChI=1S/C20H31N3O/c1-22-13-4-6-17(16-22)10-11-20(24)21-12-15-23-14-5-8-18-7-2-3-9-19(18)23/h2-3,7,9,17H,4-6,8,10-16H2,1H3,(H,21,24). The van der Waals surface area contributed by atoms with Crippen LogP contribution >= 0.6 is 0 Å². The summed E-state index contributed by atoms with van der Waals surface area (Å²) in [4.78, 5) is 16.9. The molecule has 2 aliphatic rings. The largest absolute Gasteiger partial charge is 0.370 e. The van der Waals surface area contributed by atoms with Crippen LogP contribution in [0.15, 0.2) is 24.3 Å². The van der Waals surface area contributed by atoms with Gasteiger partial charge in [0.25, 0.3) is 0 Å². The molecule has 0 aliphatic carbocycles. The second-order valence-electron chi connectivity index (χ2n) is 7.38. The van der Waals surface area contributed by atoms with Crippen LogP contribution in [0.1, 0.15) is 37.7 Å². The Morgan fingerprint density at radius 2 is 2.12 bits per heavy atom. The van der Waals surface area contributed by atoms with E-state index in [2.05, 4.69) is 46.4 Å². The number of amides is 1. The lowest BCUT2D eigenvalue weighted by Gasteiger charge is -2.31. The average molecular weight is 329 g/mol. The minimum Gasteiger partial charge on any atom is -0.370 e. The Hall–Kier alpha value is -1.55. The van der Waals surface area contributed by atoms with Gasteiger partial charge in [0.1, 0.15) is 0 Å². The van der Waals surface area contributed by atoms with Crippen molar-refractivity contribution in [3.8, 4) is 0 Å². The van der Waals surface area contributed by atoms with Crippen molar-refractivity contribution < 1.29 is 4.79 Å². The smallest absolute Gasteiger partial charge is 0.220 e. The van der Waals surface area contributed by atoms with Gasteiger partial charge in [-0.2, -0.15) is 0 Å². The van der Waals surface area contributed by atoms with Gasteiger partial charge in [-0.05, 0) is 63.2 Å². The minimum atomic E-state index is 0.216. The Kier molecular flexibility index (Phi) is 6.13. The summed E-state index contributed by atoms with van der Waals surface area (Å²) in [7, 11) is 2.18. The molecule has 132 valence electrons. The fraction of sp³-hybridized carbons (Fsp3) is 0.650. The number of hydrogen-bond acceptors (Lipinski definition) is 3. The van der Waals surface area contributed by atoms with Crippen LogP contribution in [0.4, 0.5) is 5.69 Å². The fourth-order valence-electron chi connectivity index (χ4n) is 4.11. The molecule has 1 atom stereocenters. The molecule has 0 aromatic heterocycles. The van der Waals surface area contributed by atoms with E-state index in [1.807, 2.05) is 0 Å². The molecule has 1 unspecified atom stereocenters. The van der Waals surface area contributed by atoms with Crippen molar-refractivity contribution in [3.05, 3.63) is 29.8 Å². The fourth-order valence-corrected chi connectivity index (χ4v) is 4.11. The number of fused-ring (bicyclic) bond motifs is 1. The van der Waals surface area contributed by atoms with Crippen LogP contribution in [-0.2, 0) is 11.2 Å². The van der Waals surface area contributed by atoms with Crippen LogP contribution < -0.4 is 10.2 Å². The van der Waals surface area contributed by atoms with Gasteiger partial charge < -0.3 is 15.1 Å². The van der Waals surface area contributed by atoms with Crippen molar-refractivity contribution in [1.82, 2.24) is 10.2 Å². The number of carbonyl (C=O) groups is 1. The molecule has 1 aromatic carbocycles. The first-order valence-electron chi connectivity index (χ1n) is 9.50. The van der Waals surface area contributed by atoms with E-state index < -0.39 is 0 Å². The van der Waals surface area contributed by atoms with Crippen LogP contribution in [0.3, 0.4) is 0 Å². The lowest BCUT2D eigenvalue weighted by Crippen LogP contribution is -2.38. The number of likely N-dealkylation sites (tertiary alicyclic amines) is 1. The van der Waals surface area contributed by atoms with Crippen LogP contribution in [0.2, 0.25) is 0 Å². The van der Waals surface area contributed by atoms with Crippen molar-refractivity contribution in [2.45, 2.75) is 38.5 Å². The van der Waals surface area contributed by atoms with Gasteiger partial charge >= 0.3 is 0 Å². The SMILES string of the molecule is CN1CCCC(CCC(=O)NCCN2CCCc3ccccc32)C1. The second-order valence-corrected chi connectivity index (χ2v) is 7.38. The molecule has 0 radical (unpaired) electrons. The molecule has 24 heavy (non-hydrogen) atoms. The zero-order valence-corrected chi connectivity index (χ0v) is 15.0. The highest BCUT2D eigenvalue weighted by Crippen LogP contribution is 2.26. The van der Waals surface area contributed by atoms with E-state index in [0.29, 0.717) is 12.3 Å². The summed E-state index contributed by atoms with van der Waals surface area (Å²) in [6, 6.07) is 8.65. The molecule has 4 heteroatoms. The highest BCUT2D eigenvalue weighted by Gasteiger charge is 2.18. The maximum Gasteiger partial charge on any atom is 0.220 e. The third kappa shape index (κ3) is 4.73. The quantitative estimate of drug-likeness (QED) is 0.871. The molecule has 0 bridgehead atoms. The van der Waals surface area contributed by atoms with Crippen LogP contribution in [0, 0.1) is 5.92 Å². The molecule has 3 rings (SSSR count). The lowest BCUT2D eigenvalue weighted by molar-refractivity contribution is -0.121. The number of anilines is 1. The summed E-state index contributed by atoms with van der Waals surface area (Å²) in [6.07, 6.45) is 6.65. The molecule has 1 N–H and O–H groups in total. The van der Waals surface area contributed by atoms with E-state index in [1.54, 1.807) is 0 Å². The van der Waals surface area contributed by atoms with Gasteiger partial charge in [-0.1, -0.05) is 18.2 Å². The van der Waals surface area contributed by atoms with Crippen LogP contribution in [-0.4, -0.2) is 50.6 Å². The van der Waals surface area contributed by atoms with Crippen molar-refractivity contribution in [3.63, 3.8) is 0 Å². The molecule has 2 heterocycles. The molecule has 0 spiro atoms. The van der Waals surface area contributed by atoms with Gasteiger partial charge in [0, 0.05) is 38.3 Å². The molecule has 2 aliphatic heterocycles. The summed E-state index contributed by atoms with van der Waals surface area (Å²) in [6.45, 7) is 5.12. The van der Waals surface area contributed by atoms with Gasteiger partial charge in [-0.3, -0.25) is 4.79 Å². The van der Waals surface area contributed by atoms with E-state index in [1.165, 1.54) is 43.5 Å². The molecule has 0 saturated carbocycles. The monoisotopic (exact) mass is 329 g/mol. The Labute approximate surface area is 146 Å². The first-order chi connectivity index (χ1) is 11.7. The average Bonchev–Trinajstić information content (AvgIpc) is 2.60. The maximum absolute atomic E-state index is 12.1. The maximum atomic E-state index is 12.1. The predicted molar refractivity (Wildman–Crippen MR) is 99.4 cm³/mol. The molecule has 4 nitrogen and oxygen atoms in total. The number of benzene rings is 1. The zero-order valence-electron chi connectivity index (χ0n) is 15.0. The number of piperidine rings is 1. The number of para-hydroxylation sites is 1. The molecular formula is C20H31N3O.